The standard InChI is InChI=1S/C17H20Cl2N2O/c1-12-9-14(11-20-5-7-22-8-6-20)13(2)21(12)17-4-3-15(18)10-16(17)19/h3-4,9-10H,5-8,11H2,1-2H3. The molecule has 1 aliphatic heterocycles. The monoisotopic (exact) mass is 338 g/mol. The van der Waals surface area contributed by atoms with Crippen LogP contribution in [0.5, 0.6) is 0 Å². The molecule has 2 heterocycles. The molecule has 5 heteroatoms. The highest BCUT2D eigenvalue weighted by Crippen LogP contribution is 2.29. The summed E-state index contributed by atoms with van der Waals surface area (Å²) in [5.41, 5.74) is 4.73. The van der Waals surface area contributed by atoms with Crippen LogP contribution in [0.1, 0.15) is 17.0 Å². The molecule has 22 heavy (non-hydrogen) atoms. The number of benzene rings is 1. The Bertz CT molecular complexity index is 676. The molecule has 3 rings (SSSR count). The van der Waals surface area contributed by atoms with Gasteiger partial charge in [0.25, 0.3) is 0 Å². The Morgan fingerprint density at radius 1 is 1.09 bits per heavy atom. The Morgan fingerprint density at radius 2 is 1.82 bits per heavy atom. The fourth-order valence-electron chi connectivity index (χ4n) is 3.02. The number of aryl methyl sites for hydroxylation is 1. The van der Waals surface area contributed by atoms with E-state index in [4.69, 9.17) is 27.9 Å². The van der Waals surface area contributed by atoms with E-state index in [0.717, 1.165) is 38.5 Å². The number of hydrogen-bond donors (Lipinski definition) is 0. The summed E-state index contributed by atoms with van der Waals surface area (Å²) in [5.74, 6) is 0. The largest absolute Gasteiger partial charge is 0.379 e. The third-order valence-electron chi connectivity index (χ3n) is 4.18. The molecule has 0 N–H and O–H groups in total. The molecule has 0 bridgehead atoms. The van der Waals surface area contributed by atoms with E-state index in [1.807, 2.05) is 12.1 Å². The first kappa shape index (κ1) is 15.9. The van der Waals surface area contributed by atoms with E-state index in [9.17, 15) is 0 Å². The van der Waals surface area contributed by atoms with Crippen LogP contribution < -0.4 is 0 Å². The third-order valence-corrected chi connectivity index (χ3v) is 4.72. The maximum Gasteiger partial charge on any atom is 0.0661 e. The summed E-state index contributed by atoms with van der Waals surface area (Å²) < 4.78 is 7.62. The quantitative estimate of drug-likeness (QED) is 0.832. The fourth-order valence-corrected chi connectivity index (χ4v) is 3.52. The lowest BCUT2D eigenvalue weighted by molar-refractivity contribution is 0.0341. The smallest absolute Gasteiger partial charge is 0.0661 e. The molecule has 1 aliphatic rings. The number of hydrogen-bond acceptors (Lipinski definition) is 2. The molecule has 0 spiro atoms. The lowest BCUT2D eigenvalue weighted by Gasteiger charge is -2.26. The molecule has 0 amide bonds. The summed E-state index contributed by atoms with van der Waals surface area (Å²) in [4.78, 5) is 2.43. The summed E-state index contributed by atoms with van der Waals surface area (Å²) in [6.07, 6.45) is 0. The van der Waals surface area contributed by atoms with Crippen molar-refractivity contribution in [3.05, 3.63) is 51.3 Å². The molecule has 0 aliphatic carbocycles. The summed E-state index contributed by atoms with van der Waals surface area (Å²) in [7, 11) is 0. The molecule has 0 unspecified atom stereocenters. The van der Waals surface area contributed by atoms with Crippen molar-refractivity contribution in [2.24, 2.45) is 0 Å². The van der Waals surface area contributed by atoms with Gasteiger partial charge in [0.15, 0.2) is 0 Å². The highest BCUT2D eigenvalue weighted by Gasteiger charge is 2.17. The van der Waals surface area contributed by atoms with Crippen LogP contribution in [0.3, 0.4) is 0 Å². The Balaban J connectivity index is 1.92. The molecule has 3 nitrogen and oxygen atoms in total. The zero-order valence-electron chi connectivity index (χ0n) is 12.9. The fraction of sp³-hybridized carbons (Fsp3) is 0.412. The number of aromatic nitrogens is 1. The van der Waals surface area contributed by atoms with Crippen molar-refractivity contribution >= 4 is 23.2 Å². The topological polar surface area (TPSA) is 17.4 Å². The molecular formula is C17H20Cl2N2O. The summed E-state index contributed by atoms with van der Waals surface area (Å²) >= 11 is 12.4. The first-order chi connectivity index (χ1) is 10.6. The van der Waals surface area contributed by atoms with Crippen molar-refractivity contribution < 1.29 is 4.74 Å². The van der Waals surface area contributed by atoms with E-state index in [0.29, 0.717) is 10.0 Å². The van der Waals surface area contributed by atoms with Gasteiger partial charge in [-0.3, -0.25) is 4.90 Å². The molecule has 0 radical (unpaired) electrons. The number of ether oxygens (including phenoxy) is 1. The zero-order chi connectivity index (χ0) is 15.7. The van der Waals surface area contributed by atoms with E-state index >= 15 is 0 Å². The van der Waals surface area contributed by atoms with Crippen molar-refractivity contribution in [3.63, 3.8) is 0 Å². The second-order valence-electron chi connectivity index (χ2n) is 5.72. The normalized spacial score (nSPS) is 16.2. The molecule has 1 aromatic carbocycles. The van der Waals surface area contributed by atoms with E-state index in [2.05, 4.69) is 29.4 Å². The van der Waals surface area contributed by atoms with Crippen LogP contribution in [-0.4, -0.2) is 35.8 Å². The highest BCUT2D eigenvalue weighted by molar-refractivity contribution is 6.35. The van der Waals surface area contributed by atoms with Gasteiger partial charge in [0.2, 0.25) is 0 Å². The number of nitrogens with zero attached hydrogens (tertiary/aromatic N) is 2. The maximum absolute atomic E-state index is 6.38. The maximum atomic E-state index is 6.38. The van der Waals surface area contributed by atoms with Crippen molar-refractivity contribution in [1.82, 2.24) is 9.47 Å². The van der Waals surface area contributed by atoms with E-state index in [1.165, 1.54) is 17.0 Å². The van der Waals surface area contributed by atoms with E-state index in [-0.39, 0.29) is 0 Å². The van der Waals surface area contributed by atoms with Gasteiger partial charge in [0.05, 0.1) is 23.9 Å². The Kier molecular flexibility index (Phi) is 4.79. The zero-order valence-corrected chi connectivity index (χ0v) is 14.4. The van der Waals surface area contributed by atoms with Gasteiger partial charge in [0, 0.05) is 36.0 Å². The average molecular weight is 339 g/mol. The van der Waals surface area contributed by atoms with Gasteiger partial charge in [-0.15, -0.1) is 0 Å². The van der Waals surface area contributed by atoms with Gasteiger partial charge >= 0.3 is 0 Å². The third kappa shape index (κ3) is 3.18. The van der Waals surface area contributed by atoms with Crippen LogP contribution >= 0.6 is 23.2 Å². The van der Waals surface area contributed by atoms with E-state index in [1.54, 1.807) is 6.07 Å². The van der Waals surface area contributed by atoms with Crippen LogP contribution in [-0.2, 0) is 11.3 Å². The Labute approximate surface area is 141 Å². The van der Waals surface area contributed by atoms with Crippen LogP contribution in [0.4, 0.5) is 0 Å². The number of rotatable bonds is 3. The second-order valence-corrected chi connectivity index (χ2v) is 6.56. The minimum absolute atomic E-state index is 0.657. The summed E-state index contributed by atoms with van der Waals surface area (Å²) in [5, 5.41) is 1.33. The molecule has 1 fully saturated rings. The van der Waals surface area contributed by atoms with Crippen molar-refractivity contribution in [2.45, 2.75) is 20.4 Å². The van der Waals surface area contributed by atoms with Crippen LogP contribution in [0.15, 0.2) is 24.3 Å². The molecule has 0 atom stereocenters. The average Bonchev–Trinajstić information content (AvgIpc) is 2.75. The highest BCUT2D eigenvalue weighted by atomic mass is 35.5. The summed E-state index contributed by atoms with van der Waals surface area (Å²) in [6.45, 7) is 8.84. The first-order valence-electron chi connectivity index (χ1n) is 7.49. The molecule has 2 aromatic rings. The van der Waals surface area contributed by atoms with Crippen LogP contribution in [0.2, 0.25) is 10.0 Å². The molecule has 0 saturated carbocycles. The SMILES string of the molecule is Cc1cc(CN2CCOCC2)c(C)n1-c1ccc(Cl)cc1Cl. The number of halogens is 2. The number of morpholine rings is 1. The van der Waals surface area contributed by atoms with Gasteiger partial charge in [-0.2, -0.15) is 0 Å². The predicted molar refractivity (Wildman–Crippen MR) is 91.4 cm³/mol. The molecule has 1 aromatic heterocycles. The molecule has 118 valence electrons. The molecular weight excluding hydrogens is 319 g/mol. The lowest BCUT2D eigenvalue weighted by atomic mass is 10.2. The van der Waals surface area contributed by atoms with Gasteiger partial charge in [0.1, 0.15) is 0 Å². The van der Waals surface area contributed by atoms with E-state index < -0.39 is 0 Å². The van der Waals surface area contributed by atoms with Crippen LogP contribution in [0, 0.1) is 13.8 Å². The lowest BCUT2D eigenvalue weighted by Crippen LogP contribution is -2.35. The Hall–Kier alpha value is -1.000. The van der Waals surface area contributed by atoms with Crippen molar-refractivity contribution in [3.8, 4) is 5.69 Å². The summed E-state index contributed by atoms with van der Waals surface area (Å²) in [6, 6.07) is 7.89. The first-order valence-corrected chi connectivity index (χ1v) is 8.25. The Morgan fingerprint density at radius 3 is 2.50 bits per heavy atom. The second kappa shape index (κ2) is 6.63. The minimum Gasteiger partial charge on any atom is -0.379 e. The van der Waals surface area contributed by atoms with Gasteiger partial charge in [-0.1, -0.05) is 23.2 Å². The minimum atomic E-state index is 0.657. The van der Waals surface area contributed by atoms with Gasteiger partial charge < -0.3 is 9.30 Å². The van der Waals surface area contributed by atoms with Gasteiger partial charge in [-0.05, 0) is 43.7 Å². The van der Waals surface area contributed by atoms with Crippen molar-refractivity contribution in [2.75, 3.05) is 26.3 Å². The van der Waals surface area contributed by atoms with Crippen molar-refractivity contribution in [1.29, 1.82) is 0 Å². The van der Waals surface area contributed by atoms with Crippen LogP contribution in [0.25, 0.3) is 5.69 Å². The molecule has 1 saturated heterocycles. The predicted octanol–water partition coefficient (Wildman–Crippen LogP) is 4.23. The van der Waals surface area contributed by atoms with Gasteiger partial charge in [-0.25, -0.2) is 0 Å².